The third kappa shape index (κ3) is 1.82. The molecule has 1 saturated heterocycles. The first kappa shape index (κ1) is 9.12. The molecule has 0 saturated carbocycles. The van der Waals surface area contributed by atoms with E-state index in [-0.39, 0.29) is 0 Å². The van der Waals surface area contributed by atoms with Crippen molar-refractivity contribution in [2.45, 2.75) is 25.7 Å². The van der Waals surface area contributed by atoms with Crippen molar-refractivity contribution in [3.05, 3.63) is 23.4 Å². The lowest BCUT2D eigenvalue weighted by atomic mass is 10.2. The quantitative estimate of drug-likeness (QED) is 0.752. The van der Waals surface area contributed by atoms with Gasteiger partial charge in [-0.05, 0) is 24.6 Å². The average molecular weight is 205 g/mol. The Bertz CT molecular complexity index is 361. The van der Waals surface area contributed by atoms with Gasteiger partial charge in [-0.3, -0.25) is 0 Å². The van der Waals surface area contributed by atoms with E-state index in [0.29, 0.717) is 12.6 Å². The molecule has 2 aliphatic heterocycles. The molecule has 2 aliphatic rings. The maximum Gasteiger partial charge on any atom is 0.126 e. The molecule has 3 heterocycles. The third-order valence-corrected chi connectivity index (χ3v) is 3.01. The number of rotatable bonds is 2. The highest BCUT2D eigenvalue weighted by Gasteiger charge is 2.16. The van der Waals surface area contributed by atoms with Gasteiger partial charge in [0, 0.05) is 24.3 Å². The smallest absolute Gasteiger partial charge is 0.126 e. The van der Waals surface area contributed by atoms with Crippen LogP contribution in [-0.4, -0.2) is 24.1 Å². The molecular formula is C11H15N3O. The summed E-state index contributed by atoms with van der Waals surface area (Å²) < 4.78 is 5.36. The fourth-order valence-electron chi connectivity index (χ4n) is 2.13. The van der Waals surface area contributed by atoms with E-state index < -0.39 is 0 Å². The fourth-order valence-corrected chi connectivity index (χ4v) is 2.13. The SMILES string of the molecule is c1nc(NC2CCNC2)cc2c1COC2. The molecule has 0 aliphatic carbocycles. The van der Waals surface area contributed by atoms with E-state index in [2.05, 4.69) is 21.7 Å². The largest absolute Gasteiger partial charge is 0.372 e. The molecule has 1 aromatic rings. The van der Waals surface area contributed by atoms with Gasteiger partial charge in [-0.25, -0.2) is 4.98 Å². The van der Waals surface area contributed by atoms with Crippen molar-refractivity contribution < 1.29 is 4.74 Å². The molecule has 0 bridgehead atoms. The van der Waals surface area contributed by atoms with Crippen LogP contribution in [0.4, 0.5) is 5.82 Å². The lowest BCUT2D eigenvalue weighted by Gasteiger charge is -2.12. The van der Waals surface area contributed by atoms with Crippen LogP contribution in [-0.2, 0) is 18.0 Å². The standard InChI is InChI=1S/C11H15N3O/c1-2-12-5-10(1)14-11-3-8-6-15-7-9(8)4-13-11/h3-4,10,12H,1-2,5-7H2,(H,13,14). The second kappa shape index (κ2) is 3.79. The summed E-state index contributed by atoms with van der Waals surface area (Å²) in [7, 11) is 0. The average Bonchev–Trinajstić information content (AvgIpc) is 2.87. The molecule has 2 N–H and O–H groups in total. The van der Waals surface area contributed by atoms with Crippen LogP contribution in [0.25, 0.3) is 0 Å². The van der Waals surface area contributed by atoms with E-state index in [1.54, 1.807) is 0 Å². The molecule has 0 radical (unpaired) electrons. The van der Waals surface area contributed by atoms with Gasteiger partial charge in [-0.1, -0.05) is 0 Å². The molecule has 3 rings (SSSR count). The summed E-state index contributed by atoms with van der Waals surface area (Å²) in [5, 5.41) is 6.77. The van der Waals surface area contributed by atoms with Crippen LogP contribution in [0.2, 0.25) is 0 Å². The molecule has 1 fully saturated rings. The molecule has 0 aromatic carbocycles. The zero-order valence-corrected chi connectivity index (χ0v) is 8.62. The molecule has 4 heteroatoms. The summed E-state index contributed by atoms with van der Waals surface area (Å²) >= 11 is 0. The molecule has 1 aromatic heterocycles. The maximum atomic E-state index is 5.36. The Labute approximate surface area is 89.0 Å². The van der Waals surface area contributed by atoms with Crippen LogP contribution in [0.3, 0.4) is 0 Å². The minimum Gasteiger partial charge on any atom is -0.372 e. The van der Waals surface area contributed by atoms with Crippen LogP contribution in [0.5, 0.6) is 0 Å². The van der Waals surface area contributed by atoms with Crippen molar-refractivity contribution in [1.29, 1.82) is 0 Å². The first-order valence-corrected chi connectivity index (χ1v) is 5.44. The number of nitrogens with zero attached hydrogens (tertiary/aromatic N) is 1. The molecule has 0 amide bonds. The van der Waals surface area contributed by atoms with E-state index in [9.17, 15) is 0 Å². The molecule has 0 spiro atoms. The highest BCUT2D eigenvalue weighted by Crippen LogP contribution is 2.21. The predicted molar refractivity (Wildman–Crippen MR) is 57.6 cm³/mol. The maximum absolute atomic E-state index is 5.36. The number of aromatic nitrogens is 1. The summed E-state index contributed by atoms with van der Waals surface area (Å²) in [6, 6.07) is 2.64. The van der Waals surface area contributed by atoms with E-state index in [1.807, 2.05) is 6.20 Å². The first-order chi connectivity index (χ1) is 7.42. The zero-order chi connectivity index (χ0) is 10.1. The van der Waals surface area contributed by atoms with Gasteiger partial charge >= 0.3 is 0 Å². The molecule has 80 valence electrons. The second-order valence-electron chi connectivity index (χ2n) is 4.17. The van der Waals surface area contributed by atoms with Gasteiger partial charge in [0.05, 0.1) is 13.2 Å². The molecule has 4 nitrogen and oxygen atoms in total. The highest BCUT2D eigenvalue weighted by atomic mass is 16.5. The summed E-state index contributed by atoms with van der Waals surface area (Å²) in [6.45, 7) is 3.59. The van der Waals surface area contributed by atoms with Crippen molar-refractivity contribution in [2.75, 3.05) is 18.4 Å². The summed E-state index contributed by atoms with van der Waals surface area (Å²) in [6.07, 6.45) is 3.10. The lowest BCUT2D eigenvalue weighted by Crippen LogP contribution is -2.22. The van der Waals surface area contributed by atoms with Gasteiger partial charge in [-0.15, -0.1) is 0 Å². The number of fused-ring (bicyclic) bond motifs is 1. The van der Waals surface area contributed by atoms with Crippen LogP contribution in [0.15, 0.2) is 12.3 Å². The molecular weight excluding hydrogens is 190 g/mol. The monoisotopic (exact) mass is 205 g/mol. The van der Waals surface area contributed by atoms with E-state index >= 15 is 0 Å². The van der Waals surface area contributed by atoms with Crippen LogP contribution in [0.1, 0.15) is 17.5 Å². The number of ether oxygens (including phenoxy) is 1. The number of anilines is 1. The topological polar surface area (TPSA) is 46.2 Å². The van der Waals surface area contributed by atoms with Crippen molar-refractivity contribution in [2.24, 2.45) is 0 Å². The summed E-state index contributed by atoms with van der Waals surface area (Å²) in [5.74, 6) is 0.980. The Balaban J connectivity index is 1.75. The van der Waals surface area contributed by atoms with Gasteiger partial charge in [0.2, 0.25) is 0 Å². The van der Waals surface area contributed by atoms with Gasteiger partial charge in [0.1, 0.15) is 5.82 Å². The van der Waals surface area contributed by atoms with Crippen molar-refractivity contribution >= 4 is 5.82 Å². The van der Waals surface area contributed by atoms with Gasteiger partial charge in [-0.2, -0.15) is 0 Å². The van der Waals surface area contributed by atoms with E-state index in [4.69, 9.17) is 4.74 Å². The molecule has 15 heavy (non-hydrogen) atoms. The Morgan fingerprint density at radius 1 is 1.40 bits per heavy atom. The third-order valence-electron chi connectivity index (χ3n) is 3.01. The van der Waals surface area contributed by atoms with Crippen molar-refractivity contribution in [3.63, 3.8) is 0 Å². The Hall–Kier alpha value is -1.13. The zero-order valence-electron chi connectivity index (χ0n) is 8.62. The number of pyridine rings is 1. The summed E-state index contributed by atoms with van der Waals surface area (Å²) in [5.41, 5.74) is 2.50. The number of nitrogens with one attached hydrogen (secondary N) is 2. The van der Waals surface area contributed by atoms with Gasteiger partial charge in [0.15, 0.2) is 0 Å². The minimum atomic E-state index is 0.526. The lowest BCUT2D eigenvalue weighted by molar-refractivity contribution is 0.134. The minimum absolute atomic E-state index is 0.526. The predicted octanol–water partition coefficient (Wildman–Crippen LogP) is 0.886. The Morgan fingerprint density at radius 3 is 3.20 bits per heavy atom. The first-order valence-electron chi connectivity index (χ1n) is 5.44. The van der Waals surface area contributed by atoms with E-state index in [0.717, 1.165) is 25.5 Å². The molecule has 1 unspecified atom stereocenters. The normalized spacial score (nSPS) is 24.1. The van der Waals surface area contributed by atoms with Crippen molar-refractivity contribution in [3.8, 4) is 0 Å². The summed E-state index contributed by atoms with van der Waals surface area (Å²) in [4.78, 5) is 4.39. The Morgan fingerprint density at radius 2 is 2.33 bits per heavy atom. The van der Waals surface area contributed by atoms with Crippen LogP contribution >= 0.6 is 0 Å². The van der Waals surface area contributed by atoms with Crippen LogP contribution in [0, 0.1) is 0 Å². The van der Waals surface area contributed by atoms with Crippen molar-refractivity contribution in [1.82, 2.24) is 10.3 Å². The second-order valence-corrected chi connectivity index (χ2v) is 4.17. The van der Waals surface area contributed by atoms with Gasteiger partial charge < -0.3 is 15.4 Å². The fraction of sp³-hybridized carbons (Fsp3) is 0.545. The number of hydrogen-bond donors (Lipinski definition) is 2. The molecule has 1 atom stereocenters. The number of hydrogen-bond acceptors (Lipinski definition) is 4. The highest BCUT2D eigenvalue weighted by molar-refractivity contribution is 5.42. The van der Waals surface area contributed by atoms with E-state index in [1.165, 1.54) is 17.5 Å². The van der Waals surface area contributed by atoms with Crippen LogP contribution < -0.4 is 10.6 Å². The van der Waals surface area contributed by atoms with Gasteiger partial charge in [0.25, 0.3) is 0 Å². The Kier molecular flexibility index (Phi) is 2.31.